The van der Waals surface area contributed by atoms with Crippen LogP contribution in [-0.2, 0) is 39.5 Å². The molecule has 0 saturated heterocycles. The summed E-state index contributed by atoms with van der Waals surface area (Å²) in [6.45, 7) is 7.17. The van der Waals surface area contributed by atoms with Gasteiger partial charge in [0.15, 0.2) is 5.76 Å². The van der Waals surface area contributed by atoms with Crippen LogP contribution in [0.25, 0.3) is 0 Å². The molecule has 0 atom stereocenters. The van der Waals surface area contributed by atoms with Gasteiger partial charge in [0.25, 0.3) is 0 Å². The van der Waals surface area contributed by atoms with Gasteiger partial charge in [0.1, 0.15) is 0 Å². The molecular formula is C19H27Cr2F3O-2. The molecular weight excluding hydrogens is 405 g/mol. The number of rotatable bonds is 3. The van der Waals surface area contributed by atoms with E-state index in [4.69, 9.17) is 4.74 Å². The van der Waals surface area contributed by atoms with E-state index in [9.17, 15) is 13.2 Å². The summed E-state index contributed by atoms with van der Waals surface area (Å²) in [6.07, 6.45) is -1.80. The third-order valence-electron chi connectivity index (χ3n) is 4.25. The fourth-order valence-electron chi connectivity index (χ4n) is 3.21. The quantitative estimate of drug-likeness (QED) is 0.401. The maximum Gasteiger partial charge on any atom is 0.448 e. The zero-order chi connectivity index (χ0) is 15.6. The van der Waals surface area contributed by atoms with E-state index in [1.807, 2.05) is 6.07 Å². The van der Waals surface area contributed by atoms with E-state index in [2.05, 4.69) is 32.6 Å². The van der Waals surface area contributed by atoms with E-state index < -0.39 is 11.9 Å². The molecule has 0 bridgehead atoms. The molecule has 6 heteroatoms. The first-order valence-electron chi connectivity index (χ1n) is 7.28. The Hall–Kier alpha value is -0.385. The third kappa shape index (κ3) is 7.80. The van der Waals surface area contributed by atoms with Gasteiger partial charge in [-0.2, -0.15) is 13.2 Å². The summed E-state index contributed by atoms with van der Waals surface area (Å²) in [6, 6.07) is 6.23. The van der Waals surface area contributed by atoms with Crippen LogP contribution >= 0.6 is 0 Å². The van der Waals surface area contributed by atoms with Gasteiger partial charge in [-0.05, 0) is 62.1 Å². The van der Waals surface area contributed by atoms with Crippen LogP contribution in [0.2, 0.25) is 0 Å². The normalized spacial score (nSPS) is 19.2. The van der Waals surface area contributed by atoms with Crippen LogP contribution in [-0.4, -0.2) is 12.3 Å². The summed E-state index contributed by atoms with van der Waals surface area (Å²) in [7, 11) is 0. The first kappa shape index (κ1) is 29.4. The van der Waals surface area contributed by atoms with Crippen LogP contribution in [0, 0.1) is 28.7 Å². The number of ether oxygens (including phenoxy) is 1. The minimum Gasteiger partial charge on any atom is -0.486 e. The number of allylic oxidation sites excluding steroid dienone is 1. The zero-order valence-electron chi connectivity index (χ0n) is 15.3. The summed E-state index contributed by atoms with van der Waals surface area (Å²) >= 11 is 0. The Kier molecular flexibility index (Phi) is 14.2. The van der Waals surface area contributed by atoms with E-state index in [0.29, 0.717) is 18.8 Å². The standard InChI is InChI=1S/C17H21F3O.2CH3.2Cr/c1-11-5-4-6-12(2)16(11)14-7-9-15(10-8-14)21-13(3)17(18,19)20;;;;/h4-6,14-15H,3,7-10H2,1-2H3;2*1H3;;/q;2*-1;;. The number of halogens is 3. The fraction of sp³-hybridized carbons (Fsp3) is 0.474. The molecule has 0 amide bonds. The monoisotopic (exact) mass is 432 g/mol. The SMILES string of the molecule is C=C(OC1CCC(c2c(C)cccc2C)CC1)C(F)(F)F.[CH3-].[CH3-].[Cr].[Cr]. The van der Waals surface area contributed by atoms with E-state index >= 15 is 0 Å². The minimum atomic E-state index is -4.45. The predicted octanol–water partition coefficient (Wildman–Crippen LogP) is 6.32. The molecule has 0 spiro atoms. The molecule has 1 saturated carbocycles. The van der Waals surface area contributed by atoms with Crippen LogP contribution in [0.15, 0.2) is 30.5 Å². The Labute approximate surface area is 172 Å². The molecule has 0 heterocycles. The molecule has 1 nitrogen and oxygen atoms in total. The van der Waals surface area contributed by atoms with Gasteiger partial charge in [0.05, 0.1) is 6.10 Å². The van der Waals surface area contributed by atoms with Gasteiger partial charge in [-0.3, -0.25) is 0 Å². The van der Waals surface area contributed by atoms with Crippen molar-refractivity contribution in [2.45, 2.75) is 57.7 Å². The number of hydrogen-bond acceptors (Lipinski definition) is 1. The van der Waals surface area contributed by atoms with Gasteiger partial charge in [0, 0.05) is 34.7 Å². The van der Waals surface area contributed by atoms with Crippen molar-refractivity contribution in [3.63, 3.8) is 0 Å². The molecule has 0 radical (unpaired) electrons. The first-order valence-corrected chi connectivity index (χ1v) is 7.28. The second-order valence-corrected chi connectivity index (χ2v) is 5.82. The molecule has 1 aliphatic carbocycles. The molecule has 25 heavy (non-hydrogen) atoms. The first-order chi connectivity index (χ1) is 9.79. The number of hydrogen-bond donors (Lipinski definition) is 0. The molecule has 1 aromatic rings. The molecule has 144 valence electrons. The Balaban J connectivity index is -0.00000121. The average molecular weight is 432 g/mol. The molecule has 1 aromatic carbocycles. The zero-order valence-corrected chi connectivity index (χ0v) is 17.8. The Morgan fingerprint density at radius 2 is 1.44 bits per heavy atom. The van der Waals surface area contributed by atoms with Crippen molar-refractivity contribution < 1.29 is 52.6 Å². The molecule has 0 aromatic heterocycles. The summed E-state index contributed by atoms with van der Waals surface area (Å²) in [5.74, 6) is -0.650. The molecule has 0 aliphatic heterocycles. The van der Waals surface area contributed by atoms with Crippen LogP contribution in [0.3, 0.4) is 0 Å². The number of aryl methyl sites for hydroxylation is 2. The molecule has 1 fully saturated rings. The van der Waals surface area contributed by atoms with E-state index in [1.54, 1.807) is 0 Å². The average Bonchev–Trinajstić information content (AvgIpc) is 2.39. The topological polar surface area (TPSA) is 9.23 Å². The Morgan fingerprint density at radius 3 is 1.84 bits per heavy atom. The number of benzene rings is 1. The van der Waals surface area contributed by atoms with Gasteiger partial charge >= 0.3 is 6.18 Å². The fourth-order valence-corrected chi connectivity index (χ4v) is 3.21. The van der Waals surface area contributed by atoms with Crippen LogP contribution in [0.1, 0.15) is 48.3 Å². The van der Waals surface area contributed by atoms with E-state index in [-0.39, 0.29) is 55.7 Å². The van der Waals surface area contributed by atoms with Crippen LogP contribution in [0.4, 0.5) is 13.2 Å². The van der Waals surface area contributed by atoms with Gasteiger partial charge < -0.3 is 19.6 Å². The van der Waals surface area contributed by atoms with Gasteiger partial charge in [-0.25, -0.2) is 0 Å². The van der Waals surface area contributed by atoms with E-state index in [1.165, 1.54) is 16.7 Å². The van der Waals surface area contributed by atoms with Crippen molar-refractivity contribution in [1.29, 1.82) is 0 Å². The predicted molar refractivity (Wildman–Crippen MR) is 90.0 cm³/mol. The van der Waals surface area contributed by atoms with Crippen LogP contribution < -0.4 is 0 Å². The second kappa shape index (κ2) is 12.1. The number of alkyl halides is 3. The maximum absolute atomic E-state index is 12.4. The smallest absolute Gasteiger partial charge is 0.448 e. The minimum absolute atomic E-state index is 0. The summed E-state index contributed by atoms with van der Waals surface area (Å²) in [5.41, 5.74) is 3.88. The summed E-state index contributed by atoms with van der Waals surface area (Å²) in [5, 5.41) is 0. The Bertz CT molecular complexity index is 502. The Morgan fingerprint density at radius 1 is 1.00 bits per heavy atom. The second-order valence-electron chi connectivity index (χ2n) is 5.82. The van der Waals surface area contributed by atoms with Gasteiger partial charge in [-0.15, -0.1) is 0 Å². The van der Waals surface area contributed by atoms with Crippen molar-refractivity contribution in [3.8, 4) is 0 Å². The maximum atomic E-state index is 12.4. The largest absolute Gasteiger partial charge is 0.486 e. The van der Waals surface area contributed by atoms with Crippen molar-refractivity contribution in [1.82, 2.24) is 0 Å². The van der Waals surface area contributed by atoms with Crippen LogP contribution in [0.5, 0.6) is 0 Å². The third-order valence-corrected chi connectivity index (χ3v) is 4.25. The van der Waals surface area contributed by atoms with Crippen molar-refractivity contribution in [3.05, 3.63) is 62.1 Å². The van der Waals surface area contributed by atoms with Crippen molar-refractivity contribution in [2.24, 2.45) is 0 Å². The summed E-state index contributed by atoms with van der Waals surface area (Å²) < 4.78 is 42.3. The molecule has 1 aliphatic rings. The molecule has 0 N–H and O–H groups in total. The molecule has 0 unspecified atom stereocenters. The van der Waals surface area contributed by atoms with Crippen molar-refractivity contribution >= 4 is 0 Å². The van der Waals surface area contributed by atoms with Crippen molar-refractivity contribution in [2.75, 3.05) is 0 Å². The van der Waals surface area contributed by atoms with Gasteiger partial charge in [0.2, 0.25) is 0 Å². The molecule has 2 rings (SSSR count). The summed E-state index contributed by atoms with van der Waals surface area (Å²) in [4.78, 5) is 0. The van der Waals surface area contributed by atoms with E-state index in [0.717, 1.165) is 12.8 Å². The van der Waals surface area contributed by atoms with Gasteiger partial charge in [-0.1, -0.05) is 24.8 Å².